The van der Waals surface area contributed by atoms with Crippen LogP contribution in [0.4, 0.5) is 11.9 Å². The fourth-order valence-corrected chi connectivity index (χ4v) is 2.51. The van der Waals surface area contributed by atoms with E-state index in [1.165, 1.54) is 18.0 Å². The van der Waals surface area contributed by atoms with Gasteiger partial charge in [0.05, 0.1) is 19.4 Å². The van der Waals surface area contributed by atoms with Crippen molar-refractivity contribution >= 4 is 23.7 Å². The molecule has 0 radical (unpaired) electrons. The Kier molecular flexibility index (Phi) is 4.51. The summed E-state index contributed by atoms with van der Waals surface area (Å²) < 4.78 is 10.6. The van der Waals surface area contributed by atoms with Crippen LogP contribution in [0.1, 0.15) is 6.92 Å². The van der Waals surface area contributed by atoms with Gasteiger partial charge in [-0.2, -0.15) is 15.0 Å². The van der Waals surface area contributed by atoms with Gasteiger partial charge in [-0.15, -0.1) is 0 Å². The van der Waals surface area contributed by atoms with Crippen LogP contribution in [0.15, 0.2) is 27.3 Å². The van der Waals surface area contributed by atoms with Crippen LogP contribution < -0.4 is 10.2 Å². The lowest BCUT2D eigenvalue weighted by Crippen LogP contribution is -2.37. The van der Waals surface area contributed by atoms with E-state index in [-0.39, 0.29) is 0 Å². The summed E-state index contributed by atoms with van der Waals surface area (Å²) in [5.41, 5.74) is 0. The van der Waals surface area contributed by atoms with Crippen molar-refractivity contribution in [3.8, 4) is 0 Å². The second-order valence-electron chi connectivity index (χ2n) is 4.27. The number of oxazole rings is 1. The number of morpholine rings is 1. The Morgan fingerprint density at radius 3 is 2.86 bits per heavy atom. The molecule has 2 aromatic rings. The Hall–Kier alpha value is -1.87. The lowest BCUT2D eigenvalue weighted by molar-refractivity contribution is 0.122. The molecule has 21 heavy (non-hydrogen) atoms. The molecular formula is C12H16N6O2S. The number of nitrogens with zero attached hydrogens (tertiary/aromatic N) is 5. The van der Waals surface area contributed by atoms with Gasteiger partial charge in [-0.25, -0.2) is 4.98 Å². The molecule has 0 spiro atoms. The minimum absolute atomic E-state index is 0.511. The number of hydrogen-bond donors (Lipinski definition) is 1. The fraction of sp³-hybridized carbons (Fsp3) is 0.500. The van der Waals surface area contributed by atoms with E-state index in [0.29, 0.717) is 35.5 Å². The second kappa shape index (κ2) is 6.72. The van der Waals surface area contributed by atoms with E-state index in [4.69, 9.17) is 9.15 Å². The highest BCUT2D eigenvalue weighted by atomic mass is 32.2. The molecule has 8 nitrogen and oxygen atoms in total. The molecule has 112 valence electrons. The Labute approximate surface area is 126 Å². The van der Waals surface area contributed by atoms with Crippen molar-refractivity contribution in [2.24, 2.45) is 0 Å². The normalized spacial score (nSPS) is 15.2. The van der Waals surface area contributed by atoms with Crippen LogP contribution in [-0.4, -0.2) is 52.8 Å². The highest BCUT2D eigenvalue weighted by Crippen LogP contribution is 2.25. The van der Waals surface area contributed by atoms with Gasteiger partial charge in [0.25, 0.3) is 5.22 Å². The van der Waals surface area contributed by atoms with Crippen LogP contribution in [0.5, 0.6) is 0 Å². The van der Waals surface area contributed by atoms with Crippen molar-refractivity contribution in [1.82, 2.24) is 19.9 Å². The molecule has 1 aliphatic rings. The molecule has 1 aliphatic heterocycles. The van der Waals surface area contributed by atoms with E-state index < -0.39 is 0 Å². The van der Waals surface area contributed by atoms with Crippen molar-refractivity contribution in [2.45, 2.75) is 17.3 Å². The zero-order chi connectivity index (χ0) is 14.5. The zero-order valence-electron chi connectivity index (χ0n) is 11.7. The minimum Gasteiger partial charge on any atom is -0.440 e. The molecule has 3 rings (SSSR count). The summed E-state index contributed by atoms with van der Waals surface area (Å²) in [5.74, 6) is 1.21. The third-order valence-electron chi connectivity index (χ3n) is 2.82. The summed E-state index contributed by atoms with van der Waals surface area (Å²) >= 11 is 1.27. The van der Waals surface area contributed by atoms with Crippen molar-refractivity contribution < 1.29 is 9.15 Å². The van der Waals surface area contributed by atoms with Gasteiger partial charge in [-0.05, 0) is 6.92 Å². The van der Waals surface area contributed by atoms with Crippen LogP contribution >= 0.6 is 11.8 Å². The molecular weight excluding hydrogens is 292 g/mol. The fourth-order valence-electron chi connectivity index (χ4n) is 1.87. The average Bonchev–Trinajstić information content (AvgIpc) is 3.01. The van der Waals surface area contributed by atoms with E-state index in [0.717, 1.165) is 19.6 Å². The molecule has 0 saturated carbocycles. The molecule has 0 unspecified atom stereocenters. The van der Waals surface area contributed by atoms with Gasteiger partial charge in [0.1, 0.15) is 6.26 Å². The van der Waals surface area contributed by atoms with Crippen molar-refractivity contribution in [1.29, 1.82) is 0 Å². The van der Waals surface area contributed by atoms with Gasteiger partial charge in [-0.1, -0.05) is 0 Å². The first-order chi connectivity index (χ1) is 10.3. The van der Waals surface area contributed by atoms with Crippen LogP contribution in [-0.2, 0) is 4.74 Å². The largest absolute Gasteiger partial charge is 0.440 e. The predicted molar refractivity (Wildman–Crippen MR) is 77.6 cm³/mol. The van der Waals surface area contributed by atoms with Crippen molar-refractivity contribution in [2.75, 3.05) is 43.1 Å². The molecule has 0 aliphatic carbocycles. The predicted octanol–water partition coefficient (Wildman–Crippen LogP) is 1.28. The molecule has 2 aromatic heterocycles. The standard InChI is InChI=1S/C12H16N6O2S/c1-2-13-9-15-10(18-4-7-19-8-5-18)17-11(16-9)21-12-14-3-6-20-12/h3,6H,2,4-5,7-8H2,1H3,(H,13,15,16,17). The highest BCUT2D eigenvalue weighted by Gasteiger charge is 2.17. The Morgan fingerprint density at radius 2 is 2.14 bits per heavy atom. The van der Waals surface area contributed by atoms with Crippen LogP contribution in [0.3, 0.4) is 0 Å². The number of ether oxygens (including phenoxy) is 1. The number of rotatable bonds is 5. The third-order valence-corrected chi connectivity index (χ3v) is 3.56. The zero-order valence-corrected chi connectivity index (χ0v) is 12.5. The molecule has 3 heterocycles. The van der Waals surface area contributed by atoms with Gasteiger partial charge in [-0.3, -0.25) is 0 Å². The Morgan fingerprint density at radius 1 is 1.29 bits per heavy atom. The maximum Gasteiger partial charge on any atom is 0.263 e. The van der Waals surface area contributed by atoms with E-state index >= 15 is 0 Å². The summed E-state index contributed by atoms with van der Waals surface area (Å²) in [6, 6.07) is 0. The molecule has 0 aromatic carbocycles. The number of nitrogens with one attached hydrogen (secondary N) is 1. The molecule has 0 atom stereocenters. The first kappa shape index (κ1) is 14.1. The quantitative estimate of drug-likeness (QED) is 0.877. The summed E-state index contributed by atoms with van der Waals surface area (Å²) in [4.78, 5) is 19.5. The van der Waals surface area contributed by atoms with Gasteiger partial charge in [0, 0.05) is 31.4 Å². The lowest BCUT2D eigenvalue weighted by atomic mass is 10.4. The van der Waals surface area contributed by atoms with Gasteiger partial charge in [0.15, 0.2) is 0 Å². The summed E-state index contributed by atoms with van der Waals surface area (Å²) in [5, 5.41) is 4.19. The SMILES string of the molecule is CCNc1nc(Sc2ncco2)nc(N2CCOCC2)n1. The van der Waals surface area contributed by atoms with Gasteiger partial charge >= 0.3 is 0 Å². The Balaban J connectivity index is 1.85. The Bertz CT molecular complexity index is 573. The van der Waals surface area contributed by atoms with E-state index in [2.05, 4.69) is 30.2 Å². The highest BCUT2D eigenvalue weighted by molar-refractivity contribution is 7.98. The maximum atomic E-state index is 5.36. The summed E-state index contributed by atoms with van der Waals surface area (Å²) in [6.45, 7) is 5.67. The molecule has 0 bridgehead atoms. The number of hydrogen-bond acceptors (Lipinski definition) is 9. The van der Waals surface area contributed by atoms with Gasteiger partial charge < -0.3 is 19.4 Å². The molecule has 1 saturated heterocycles. The molecule has 1 N–H and O–H groups in total. The smallest absolute Gasteiger partial charge is 0.263 e. The molecule has 0 amide bonds. The first-order valence-electron chi connectivity index (χ1n) is 6.75. The van der Waals surface area contributed by atoms with E-state index in [1.54, 1.807) is 6.20 Å². The monoisotopic (exact) mass is 308 g/mol. The van der Waals surface area contributed by atoms with Gasteiger partial charge in [0.2, 0.25) is 17.1 Å². The summed E-state index contributed by atoms with van der Waals surface area (Å²) in [7, 11) is 0. The number of anilines is 2. The van der Waals surface area contributed by atoms with Crippen molar-refractivity contribution in [3.63, 3.8) is 0 Å². The minimum atomic E-state index is 0.511. The van der Waals surface area contributed by atoms with Crippen LogP contribution in [0.25, 0.3) is 0 Å². The average molecular weight is 308 g/mol. The van der Waals surface area contributed by atoms with E-state index in [1.807, 2.05) is 6.92 Å². The molecule has 9 heteroatoms. The second-order valence-corrected chi connectivity index (χ2v) is 5.19. The van der Waals surface area contributed by atoms with Crippen molar-refractivity contribution in [3.05, 3.63) is 12.5 Å². The first-order valence-corrected chi connectivity index (χ1v) is 7.57. The molecule has 1 fully saturated rings. The third kappa shape index (κ3) is 3.61. The van der Waals surface area contributed by atoms with E-state index in [9.17, 15) is 0 Å². The topological polar surface area (TPSA) is 89.2 Å². The summed E-state index contributed by atoms with van der Waals surface area (Å²) in [6.07, 6.45) is 3.12. The maximum absolute atomic E-state index is 5.36. The lowest BCUT2D eigenvalue weighted by Gasteiger charge is -2.26. The number of aromatic nitrogens is 4. The van der Waals surface area contributed by atoms with Crippen LogP contribution in [0, 0.1) is 0 Å². The van der Waals surface area contributed by atoms with Crippen LogP contribution in [0.2, 0.25) is 0 Å².